The summed E-state index contributed by atoms with van der Waals surface area (Å²) in [6.45, 7) is 16.9. The Morgan fingerprint density at radius 2 is 0.739 bits per heavy atom. The fourth-order valence-electron chi connectivity index (χ4n) is 9.59. The first-order chi connectivity index (χ1) is 33.1. The van der Waals surface area contributed by atoms with Gasteiger partial charge in [0.2, 0.25) is 6.79 Å². The van der Waals surface area contributed by atoms with Crippen molar-refractivity contribution in [2.75, 3.05) is 6.79 Å². The minimum Gasteiger partial charge on any atom is -0.457 e. The summed E-state index contributed by atoms with van der Waals surface area (Å²) in [5.74, 6) is 1.55. The molecule has 0 saturated carbocycles. The Labute approximate surface area is 406 Å². The van der Waals surface area contributed by atoms with Gasteiger partial charge >= 0.3 is 14.2 Å². The Hall–Kier alpha value is -6.67. The van der Waals surface area contributed by atoms with Crippen LogP contribution in [0.15, 0.2) is 170 Å². The summed E-state index contributed by atoms with van der Waals surface area (Å²) in [6.07, 6.45) is 4.41. The van der Waals surface area contributed by atoms with Crippen LogP contribution in [-0.4, -0.2) is 43.4 Å². The van der Waals surface area contributed by atoms with Gasteiger partial charge < -0.3 is 28.1 Å². The molecule has 6 nitrogen and oxygen atoms in total. The zero-order valence-corrected chi connectivity index (χ0v) is 40.6. The van der Waals surface area contributed by atoms with Crippen molar-refractivity contribution in [1.82, 2.24) is 0 Å². The van der Waals surface area contributed by atoms with Gasteiger partial charge in [-0.05, 0) is 157 Å². The molecule has 8 aromatic rings. The van der Waals surface area contributed by atoms with Crippen LogP contribution < -0.4 is 9.47 Å². The van der Waals surface area contributed by atoms with Crippen molar-refractivity contribution in [2.45, 2.75) is 77.8 Å². The number of ether oxygens (including phenoxy) is 2. The van der Waals surface area contributed by atoms with E-state index in [2.05, 4.69) is 225 Å². The molecule has 8 aromatic carbocycles. The topological polar surface area (TPSA) is 55.4 Å². The number of rotatable bonds is 8. The Bertz CT molecular complexity index is 3050. The molecular formula is C61H56B2O6. The van der Waals surface area contributed by atoms with Gasteiger partial charge in [0.15, 0.2) is 0 Å². The Morgan fingerprint density at radius 3 is 1.10 bits per heavy atom. The van der Waals surface area contributed by atoms with Crippen molar-refractivity contribution in [3.8, 4) is 44.9 Å². The SMILES string of the molecule is CC1(C)OB(/C(=C/c2ccc3c4c(ccc3c2)OCOc2ccc3cc(/C=C(/B5OC(C)(C)C(C)(C)O5)c5ccc(-c6ccccc6)cc5)ccc3c2-4)c2ccc(-c3ccccc3)cc2)OC1(C)C. The molecule has 2 fully saturated rings. The zero-order chi connectivity index (χ0) is 47.7. The van der Waals surface area contributed by atoms with Crippen molar-refractivity contribution >= 4 is 58.9 Å². The van der Waals surface area contributed by atoms with Crippen LogP contribution in [0.25, 0.3) is 78.0 Å². The highest BCUT2D eigenvalue weighted by molar-refractivity contribution is 6.71. The smallest absolute Gasteiger partial charge is 0.457 e. The van der Waals surface area contributed by atoms with Gasteiger partial charge in [-0.3, -0.25) is 0 Å². The van der Waals surface area contributed by atoms with Crippen molar-refractivity contribution in [2.24, 2.45) is 0 Å². The highest BCUT2D eigenvalue weighted by atomic mass is 16.7. The fraction of sp³-hybridized carbons (Fsp3) is 0.213. The van der Waals surface area contributed by atoms with E-state index < -0.39 is 36.6 Å². The quantitative estimate of drug-likeness (QED) is 0.112. The van der Waals surface area contributed by atoms with Gasteiger partial charge in [0.25, 0.3) is 0 Å². The summed E-state index contributed by atoms with van der Waals surface area (Å²) in [5, 5.41) is 4.29. The first-order valence-electron chi connectivity index (χ1n) is 24.0. The summed E-state index contributed by atoms with van der Waals surface area (Å²) in [7, 11) is -1.12. The third kappa shape index (κ3) is 8.29. The second-order valence-corrected chi connectivity index (χ2v) is 20.5. The van der Waals surface area contributed by atoms with Crippen molar-refractivity contribution in [3.05, 3.63) is 192 Å². The van der Waals surface area contributed by atoms with Crippen LogP contribution >= 0.6 is 0 Å². The maximum absolute atomic E-state index is 6.70. The molecular weight excluding hydrogens is 850 g/mol. The Morgan fingerprint density at radius 1 is 0.391 bits per heavy atom. The minimum atomic E-state index is -0.558. The van der Waals surface area contributed by atoms with Gasteiger partial charge in [0, 0.05) is 11.1 Å². The third-order valence-corrected chi connectivity index (χ3v) is 15.0. The first kappa shape index (κ1) is 44.8. The van der Waals surface area contributed by atoms with Crippen LogP contribution in [-0.2, 0) is 18.6 Å². The maximum Gasteiger partial charge on any atom is 0.495 e. The number of benzene rings is 8. The number of hydrogen-bond donors (Lipinski definition) is 0. The molecule has 0 bridgehead atoms. The lowest BCUT2D eigenvalue weighted by atomic mass is 9.72. The number of fused-ring (bicyclic) bond motifs is 7. The zero-order valence-electron chi connectivity index (χ0n) is 40.6. The lowest BCUT2D eigenvalue weighted by Gasteiger charge is -2.32. The average molecular weight is 907 g/mol. The normalized spacial score (nSPS) is 18.1. The standard InChI is InChI=1S/C61H56B2O6/c1-58(2)59(3,4)67-62(66-58)52(46-25-21-44(22-26-46)42-15-11-9-12-16-42)37-40-19-31-50-48(35-40)29-33-54-56(50)57-51-32-20-41(36-49(51)30-34-55(57)65-39-64-54)38-53(63-68-60(5,6)61(7,8)69-63)47-27-23-45(24-28-47)43-17-13-10-14-18-43/h9-38H,39H2,1-8H3/b52-37+,53-38+. The molecule has 11 rings (SSSR count). The van der Waals surface area contributed by atoms with E-state index in [1.165, 1.54) is 11.1 Å². The lowest BCUT2D eigenvalue weighted by molar-refractivity contribution is 0.00578. The summed E-state index contributed by atoms with van der Waals surface area (Å²) in [6, 6.07) is 59.9. The average Bonchev–Trinajstić information content (AvgIpc) is 3.59. The predicted octanol–water partition coefficient (Wildman–Crippen LogP) is 15.1. The van der Waals surface area contributed by atoms with Crippen LogP contribution in [0.3, 0.4) is 0 Å². The molecule has 3 aliphatic heterocycles. The molecule has 0 aromatic heterocycles. The van der Waals surface area contributed by atoms with Crippen LogP contribution in [0.1, 0.15) is 77.6 Å². The molecule has 0 spiro atoms. The molecule has 0 N–H and O–H groups in total. The van der Waals surface area contributed by atoms with Crippen LogP contribution in [0.5, 0.6) is 11.5 Å². The van der Waals surface area contributed by atoms with Crippen LogP contribution in [0, 0.1) is 0 Å². The molecule has 3 heterocycles. The van der Waals surface area contributed by atoms with E-state index in [0.29, 0.717) is 0 Å². The van der Waals surface area contributed by atoms with E-state index in [1.807, 2.05) is 12.1 Å². The minimum absolute atomic E-state index is 0.111. The molecule has 0 atom stereocenters. The Kier molecular flexibility index (Phi) is 11.1. The van der Waals surface area contributed by atoms with Gasteiger partial charge in [-0.15, -0.1) is 0 Å². The van der Waals surface area contributed by atoms with Gasteiger partial charge in [0.05, 0.1) is 22.4 Å². The second kappa shape index (κ2) is 17.1. The maximum atomic E-state index is 6.70. The molecule has 342 valence electrons. The van der Waals surface area contributed by atoms with Crippen molar-refractivity contribution in [3.63, 3.8) is 0 Å². The molecule has 0 amide bonds. The van der Waals surface area contributed by atoms with E-state index in [1.54, 1.807) is 0 Å². The van der Waals surface area contributed by atoms with E-state index in [4.69, 9.17) is 28.1 Å². The summed E-state index contributed by atoms with van der Waals surface area (Å²) in [4.78, 5) is 0. The molecule has 3 aliphatic rings. The number of hydrogen-bond acceptors (Lipinski definition) is 6. The molecule has 69 heavy (non-hydrogen) atoms. The van der Waals surface area contributed by atoms with Crippen LogP contribution in [0.2, 0.25) is 0 Å². The summed E-state index contributed by atoms with van der Waals surface area (Å²) < 4.78 is 39.5. The highest BCUT2D eigenvalue weighted by Crippen LogP contribution is 2.48. The van der Waals surface area contributed by atoms with Gasteiger partial charge in [-0.2, -0.15) is 0 Å². The summed E-state index contributed by atoms with van der Waals surface area (Å²) >= 11 is 0. The van der Waals surface area contributed by atoms with Crippen LogP contribution in [0.4, 0.5) is 0 Å². The molecule has 0 unspecified atom stereocenters. The second-order valence-electron chi connectivity index (χ2n) is 20.5. The fourth-order valence-corrected chi connectivity index (χ4v) is 9.59. The largest absolute Gasteiger partial charge is 0.495 e. The van der Waals surface area contributed by atoms with Crippen molar-refractivity contribution in [1.29, 1.82) is 0 Å². The monoisotopic (exact) mass is 906 g/mol. The summed E-state index contributed by atoms with van der Waals surface area (Å²) in [5.41, 5.74) is 10.7. The van der Waals surface area contributed by atoms with Gasteiger partial charge in [-0.1, -0.05) is 158 Å². The highest BCUT2D eigenvalue weighted by Gasteiger charge is 2.53. The van der Waals surface area contributed by atoms with Crippen molar-refractivity contribution < 1.29 is 28.1 Å². The third-order valence-electron chi connectivity index (χ3n) is 15.0. The van der Waals surface area contributed by atoms with Gasteiger partial charge in [0.1, 0.15) is 11.5 Å². The first-order valence-corrected chi connectivity index (χ1v) is 24.0. The Balaban J connectivity index is 0.985. The molecule has 0 radical (unpaired) electrons. The lowest BCUT2D eigenvalue weighted by Crippen LogP contribution is -2.41. The molecule has 8 heteroatoms. The van der Waals surface area contributed by atoms with E-state index in [0.717, 1.165) is 88.5 Å². The molecule has 2 saturated heterocycles. The van der Waals surface area contributed by atoms with E-state index in [9.17, 15) is 0 Å². The van der Waals surface area contributed by atoms with E-state index in [-0.39, 0.29) is 6.79 Å². The van der Waals surface area contributed by atoms with Gasteiger partial charge in [-0.25, -0.2) is 0 Å². The predicted molar refractivity (Wildman–Crippen MR) is 285 cm³/mol. The van der Waals surface area contributed by atoms with E-state index >= 15 is 0 Å². The molecule has 0 aliphatic carbocycles.